The molecule has 29 heavy (non-hydrogen) atoms. The smallest absolute Gasteiger partial charge is 0.239 e. The van der Waals surface area contributed by atoms with Crippen molar-refractivity contribution < 1.29 is 22.7 Å². The lowest BCUT2D eigenvalue weighted by Crippen LogP contribution is -2.53. The number of nitrogens with two attached hydrogens (primary N) is 1. The Labute approximate surface area is 171 Å². The van der Waals surface area contributed by atoms with Gasteiger partial charge in [0.25, 0.3) is 0 Å². The fourth-order valence-electron chi connectivity index (χ4n) is 3.45. The van der Waals surface area contributed by atoms with E-state index in [0.717, 1.165) is 18.4 Å². The van der Waals surface area contributed by atoms with E-state index < -0.39 is 20.5 Å². The topological polar surface area (TPSA) is 109 Å². The molecular weight excluding hydrogens is 392 g/mol. The van der Waals surface area contributed by atoms with Gasteiger partial charge in [-0.3, -0.25) is 9.78 Å². The molecule has 3 rings (SSSR count). The van der Waals surface area contributed by atoms with Gasteiger partial charge in [-0.05, 0) is 55.0 Å². The van der Waals surface area contributed by atoms with E-state index in [1.165, 1.54) is 17.7 Å². The molecule has 7 nitrogen and oxygen atoms in total. The highest BCUT2D eigenvalue weighted by molar-refractivity contribution is 7.93. The predicted molar refractivity (Wildman–Crippen MR) is 108 cm³/mol. The average molecular weight is 419 g/mol. The Bertz CT molecular complexity index is 908. The molecule has 1 aliphatic heterocycles. The molecule has 1 amide bonds. The van der Waals surface area contributed by atoms with E-state index in [1.54, 1.807) is 18.3 Å². The van der Waals surface area contributed by atoms with Gasteiger partial charge in [-0.25, -0.2) is 8.42 Å². The van der Waals surface area contributed by atoms with E-state index in [4.69, 9.17) is 15.2 Å². The molecule has 0 atom stereocenters. The Balaban J connectivity index is 1.57. The number of nitrogens with zero attached hydrogens (tertiary/aromatic N) is 1. The summed E-state index contributed by atoms with van der Waals surface area (Å²) in [6.07, 6.45) is 5.51. The van der Waals surface area contributed by atoms with Crippen molar-refractivity contribution in [1.82, 2.24) is 4.98 Å². The van der Waals surface area contributed by atoms with Crippen molar-refractivity contribution in [2.75, 3.05) is 19.8 Å². The molecule has 0 bridgehead atoms. The SMILES string of the molecule is NC(=O)C1(S(=O)(=O)c2ccc(COCCCc3cccnc3)cc2)CCOCC1. The molecule has 0 unspecified atom stereocenters. The maximum atomic E-state index is 13.1. The Morgan fingerprint density at radius 3 is 2.48 bits per heavy atom. The summed E-state index contributed by atoms with van der Waals surface area (Å²) in [6.45, 7) is 1.39. The quantitative estimate of drug-likeness (QED) is 0.624. The van der Waals surface area contributed by atoms with Crippen molar-refractivity contribution >= 4 is 15.7 Å². The highest BCUT2D eigenvalue weighted by atomic mass is 32.2. The predicted octanol–water partition coefficient (Wildman–Crippen LogP) is 2.04. The van der Waals surface area contributed by atoms with Gasteiger partial charge in [0.1, 0.15) is 0 Å². The first kappa shape index (κ1) is 21.4. The number of amides is 1. The van der Waals surface area contributed by atoms with Crippen LogP contribution in [0.3, 0.4) is 0 Å². The molecule has 0 saturated carbocycles. The van der Waals surface area contributed by atoms with Crippen LogP contribution in [0, 0.1) is 0 Å². The van der Waals surface area contributed by atoms with Crippen LogP contribution in [-0.2, 0) is 37.1 Å². The summed E-state index contributed by atoms with van der Waals surface area (Å²) in [5.41, 5.74) is 7.53. The molecule has 1 aromatic carbocycles. The monoisotopic (exact) mass is 418 g/mol. The number of hydrogen-bond acceptors (Lipinski definition) is 6. The molecule has 1 aliphatic rings. The summed E-state index contributed by atoms with van der Waals surface area (Å²) in [4.78, 5) is 16.2. The van der Waals surface area contributed by atoms with Gasteiger partial charge in [0.2, 0.25) is 5.91 Å². The third-order valence-corrected chi connectivity index (χ3v) is 7.77. The van der Waals surface area contributed by atoms with E-state index in [-0.39, 0.29) is 31.0 Å². The average Bonchev–Trinajstić information content (AvgIpc) is 2.75. The van der Waals surface area contributed by atoms with Crippen molar-refractivity contribution in [2.45, 2.75) is 41.9 Å². The fraction of sp³-hybridized carbons (Fsp3) is 0.429. The fourth-order valence-corrected chi connectivity index (χ4v) is 5.37. The van der Waals surface area contributed by atoms with Gasteiger partial charge in [0.05, 0.1) is 11.5 Å². The van der Waals surface area contributed by atoms with Crippen molar-refractivity contribution in [3.63, 3.8) is 0 Å². The summed E-state index contributed by atoms with van der Waals surface area (Å²) >= 11 is 0. The lowest BCUT2D eigenvalue weighted by molar-refractivity contribution is -0.122. The third kappa shape index (κ3) is 4.83. The second-order valence-corrected chi connectivity index (χ2v) is 9.40. The van der Waals surface area contributed by atoms with Gasteiger partial charge < -0.3 is 15.2 Å². The molecule has 156 valence electrons. The van der Waals surface area contributed by atoms with Crippen molar-refractivity contribution in [2.24, 2.45) is 5.73 Å². The van der Waals surface area contributed by atoms with E-state index in [0.29, 0.717) is 13.2 Å². The first-order chi connectivity index (χ1) is 14.0. The molecule has 2 N–H and O–H groups in total. The molecule has 2 heterocycles. The van der Waals surface area contributed by atoms with Gasteiger partial charge in [0, 0.05) is 32.2 Å². The zero-order valence-electron chi connectivity index (χ0n) is 16.2. The van der Waals surface area contributed by atoms with Crippen LogP contribution in [0.5, 0.6) is 0 Å². The largest absolute Gasteiger partial charge is 0.381 e. The third-order valence-electron chi connectivity index (χ3n) is 5.24. The molecular formula is C21H26N2O5S. The lowest BCUT2D eigenvalue weighted by Gasteiger charge is -2.33. The second-order valence-electron chi connectivity index (χ2n) is 7.14. The summed E-state index contributed by atoms with van der Waals surface area (Å²) in [5.74, 6) is -0.818. The normalized spacial score (nSPS) is 16.4. The minimum Gasteiger partial charge on any atom is -0.381 e. The Hall–Kier alpha value is -2.29. The standard InChI is InChI=1S/C21H26N2O5S/c22-20(24)21(9-13-27-14-10-21)29(25,26)19-7-5-18(6-8-19)16-28-12-2-4-17-3-1-11-23-15-17/h1,3,5-8,11,15H,2,4,9-10,12-14,16H2,(H2,22,24). The second kappa shape index (κ2) is 9.47. The van der Waals surface area contributed by atoms with Gasteiger partial charge in [-0.15, -0.1) is 0 Å². The summed E-state index contributed by atoms with van der Waals surface area (Å²) < 4.78 is 35.5. The van der Waals surface area contributed by atoms with Gasteiger partial charge in [-0.1, -0.05) is 18.2 Å². The number of hydrogen-bond donors (Lipinski definition) is 1. The lowest BCUT2D eigenvalue weighted by atomic mass is 9.98. The van der Waals surface area contributed by atoms with Gasteiger partial charge in [0.15, 0.2) is 14.6 Å². The highest BCUT2D eigenvalue weighted by Gasteiger charge is 2.50. The number of benzene rings is 1. The Kier molecular flexibility index (Phi) is 7.00. The molecule has 0 radical (unpaired) electrons. The van der Waals surface area contributed by atoms with Crippen LogP contribution >= 0.6 is 0 Å². The number of aryl methyl sites for hydroxylation is 1. The first-order valence-corrected chi connectivity index (χ1v) is 11.1. The van der Waals surface area contributed by atoms with Crippen LogP contribution in [-0.4, -0.2) is 43.9 Å². The molecule has 0 aliphatic carbocycles. The summed E-state index contributed by atoms with van der Waals surface area (Å²) in [7, 11) is -3.90. The first-order valence-electron chi connectivity index (χ1n) is 9.64. The van der Waals surface area contributed by atoms with Crippen LogP contribution in [0.1, 0.15) is 30.4 Å². The zero-order valence-corrected chi connectivity index (χ0v) is 17.1. The maximum absolute atomic E-state index is 13.1. The summed E-state index contributed by atoms with van der Waals surface area (Å²) in [5, 5.41) is 0. The van der Waals surface area contributed by atoms with Crippen LogP contribution in [0.2, 0.25) is 0 Å². The number of primary amides is 1. The molecule has 1 aromatic heterocycles. The number of ether oxygens (including phenoxy) is 2. The van der Waals surface area contributed by atoms with Crippen LogP contribution < -0.4 is 5.73 Å². The van der Waals surface area contributed by atoms with Crippen molar-refractivity contribution in [3.05, 3.63) is 59.9 Å². The van der Waals surface area contributed by atoms with E-state index in [9.17, 15) is 13.2 Å². The van der Waals surface area contributed by atoms with Crippen molar-refractivity contribution in [3.8, 4) is 0 Å². The van der Waals surface area contributed by atoms with Crippen molar-refractivity contribution in [1.29, 1.82) is 0 Å². The molecule has 8 heteroatoms. The number of aromatic nitrogens is 1. The number of sulfone groups is 1. The zero-order chi connectivity index (χ0) is 20.7. The number of pyridine rings is 1. The molecule has 1 saturated heterocycles. The maximum Gasteiger partial charge on any atom is 0.239 e. The number of rotatable bonds is 9. The van der Waals surface area contributed by atoms with Gasteiger partial charge in [-0.2, -0.15) is 0 Å². The minimum atomic E-state index is -3.90. The minimum absolute atomic E-state index is 0.0759. The van der Waals surface area contributed by atoms with E-state index in [2.05, 4.69) is 4.98 Å². The molecule has 2 aromatic rings. The van der Waals surface area contributed by atoms with E-state index >= 15 is 0 Å². The number of carbonyl (C=O) groups excluding carboxylic acids is 1. The van der Waals surface area contributed by atoms with Crippen LogP contribution in [0.25, 0.3) is 0 Å². The Morgan fingerprint density at radius 1 is 1.14 bits per heavy atom. The highest BCUT2D eigenvalue weighted by Crippen LogP contribution is 2.34. The van der Waals surface area contributed by atoms with Crippen LogP contribution in [0.4, 0.5) is 0 Å². The van der Waals surface area contributed by atoms with E-state index in [1.807, 2.05) is 18.3 Å². The summed E-state index contributed by atoms with van der Waals surface area (Å²) in [6, 6.07) is 10.4. The molecule has 0 spiro atoms. The van der Waals surface area contributed by atoms with Gasteiger partial charge >= 0.3 is 0 Å². The number of carbonyl (C=O) groups is 1. The molecule has 1 fully saturated rings. The Morgan fingerprint density at radius 2 is 1.86 bits per heavy atom. The van der Waals surface area contributed by atoms with Crippen LogP contribution in [0.15, 0.2) is 53.7 Å².